The fourth-order valence-electron chi connectivity index (χ4n) is 2.84. The lowest BCUT2D eigenvalue weighted by Gasteiger charge is -2.08. The van der Waals surface area contributed by atoms with Gasteiger partial charge in [-0.25, -0.2) is 4.98 Å². The maximum Gasteiger partial charge on any atom is 0.416 e. The molecule has 0 fully saturated rings. The molecule has 4 aromatic rings. The summed E-state index contributed by atoms with van der Waals surface area (Å²) in [4.78, 5) is 12.5. The number of anilines is 2. The Morgan fingerprint density at radius 3 is 2.68 bits per heavy atom. The van der Waals surface area contributed by atoms with Crippen LogP contribution in [0.4, 0.5) is 24.8 Å². The number of rotatable bonds is 9. The standard InChI is InChI=1S/C22H19F3N6O3/c1-32-10-11-33-21-26-9-8-18(28-21)34-17-7-2-4-14(12-17)19-29-20(31-30-19)27-16-6-3-5-15(13-16)22(23,24)25/h2-9,12-13H,10-11H2,1H3,(H2,27,29,30,31). The molecular weight excluding hydrogens is 453 g/mol. The number of nitrogens with zero attached hydrogens (tertiary/aromatic N) is 4. The van der Waals surface area contributed by atoms with Crippen LogP contribution in [-0.4, -0.2) is 45.5 Å². The van der Waals surface area contributed by atoms with E-state index in [1.807, 2.05) is 0 Å². The molecule has 0 aliphatic carbocycles. The SMILES string of the molecule is COCCOc1nccc(Oc2cccc(-c3nc(Nc4cccc(C(F)(F)F)c4)n[nH]3)c2)n1. The summed E-state index contributed by atoms with van der Waals surface area (Å²) in [7, 11) is 1.57. The molecule has 0 spiro atoms. The van der Waals surface area contributed by atoms with Crippen molar-refractivity contribution in [2.75, 3.05) is 25.6 Å². The van der Waals surface area contributed by atoms with Gasteiger partial charge in [0.2, 0.25) is 11.8 Å². The third-order valence-electron chi connectivity index (χ3n) is 4.39. The fraction of sp³-hybridized carbons (Fsp3) is 0.182. The first-order chi connectivity index (χ1) is 16.4. The van der Waals surface area contributed by atoms with Gasteiger partial charge >= 0.3 is 12.2 Å². The third kappa shape index (κ3) is 5.98. The van der Waals surface area contributed by atoms with Gasteiger partial charge in [0, 0.05) is 30.6 Å². The van der Waals surface area contributed by atoms with E-state index < -0.39 is 11.7 Å². The van der Waals surface area contributed by atoms with Gasteiger partial charge in [0.1, 0.15) is 12.4 Å². The molecule has 9 nitrogen and oxygen atoms in total. The van der Waals surface area contributed by atoms with E-state index in [1.54, 1.807) is 37.4 Å². The van der Waals surface area contributed by atoms with E-state index in [9.17, 15) is 13.2 Å². The van der Waals surface area contributed by atoms with Gasteiger partial charge in [0.05, 0.1) is 12.2 Å². The molecule has 2 heterocycles. The Bertz CT molecular complexity index is 1250. The van der Waals surface area contributed by atoms with Gasteiger partial charge in [0.15, 0.2) is 5.82 Å². The molecular formula is C22H19F3N6O3. The highest BCUT2D eigenvalue weighted by molar-refractivity contribution is 5.61. The minimum atomic E-state index is -4.44. The fourth-order valence-corrected chi connectivity index (χ4v) is 2.84. The maximum atomic E-state index is 12.9. The van der Waals surface area contributed by atoms with E-state index in [1.165, 1.54) is 18.3 Å². The average Bonchev–Trinajstić information content (AvgIpc) is 3.28. The van der Waals surface area contributed by atoms with Crippen molar-refractivity contribution in [1.82, 2.24) is 25.1 Å². The molecule has 0 amide bonds. The molecule has 0 bridgehead atoms. The first kappa shape index (κ1) is 23.0. The number of aromatic amines is 1. The van der Waals surface area contributed by atoms with Crippen LogP contribution in [0.15, 0.2) is 60.8 Å². The Balaban J connectivity index is 1.45. The van der Waals surface area contributed by atoms with Gasteiger partial charge in [-0.3, -0.25) is 5.10 Å². The van der Waals surface area contributed by atoms with Crippen LogP contribution in [0.1, 0.15) is 5.56 Å². The van der Waals surface area contributed by atoms with E-state index in [0.717, 1.165) is 12.1 Å². The summed E-state index contributed by atoms with van der Waals surface area (Å²) < 4.78 is 54.8. The van der Waals surface area contributed by atoms with Crippen molar-refractivity contribution in [2.45, 2.75) is 6.18 Å². The summed E-state index contributed by atoms with van der Waals surface area (Å²) in [5.74, 6) is 1.27. The molecule has 4 rings (SSSR count). The Morgan fingerprint density at radius 2 is 1.85 bits per heavy atom. The lowest BCUT2D eigenvalue weighted by Crippen LogP contribution is -2.06. The van der Waals surface area contributed by atoms with Crippen molar-refractivity contribution in [3.05, 3.63) is 66.4 Å². The summed E-state index contributed by atoms with van der Waals surface area (Å²) in [5.41, 5.74) is 0.0903. The molecule has 2 N–H and O–H groups in total. The summed E-state index contributed by atoms with van der Waals surface area (Å²) in [6, 6.07) is 13.5. The number of H-pyrrole nitrogens is 1. The Morgan fingerprint density at radius 1 is 1.00 bits per heavy atom. The Labute approximate surface area is 192 Å². The number of methoxy groups -OCH3 is 1. The highest BCUT2D eigenvalue weighted by Gasteiger charge is 2.30. The Hall–Kier alpha value is -4.19. The first-order valence-corrected chi connectivity index (χ1v) is 10.0. The lowest BCUT2D eigenvalue weighted by molar-refractivity contribution is -0.137. The van der Waals surface area contributed by atoms with Crippen LogP contribution in [-0.2, 0) is 10.9 Å². The minimum absolute atomic E-state index is 0.120. The predicted octanol–water partition coefficient (Wildman–Crippen LogP) is 4.84. The smallest absolute Gasteiger partial charge is 0.416 e. The second-order valence-electron chi connectivity index (χ2n) is 6.86. The van der Waals surface area contributed by atoms with Crippen LogP contribution >= 0.6 is 0 Å². The van der Waals surface area contributed by atoms with E-state index in [-0.39, 0.29) is 23.5 Å². The van der Waals surface area contributed by atoms with E-state index in [0.29, 0.717) is 30.4 Å². The molecule has 0 saturated heterocycles. The van der Waals surface area contributed by atoms with Crippen molar-refractivity contribution in [1.29, 1.82) is 0 Å². The minimum Gasteiger partial charge on any atom is -0.461 e. The molecule has 0 unspecified atom stereocenters. The zero-order valence-corrected chi connectivity index (χ0v) is 17.8. The predicted molar refractivity (Wildman–Crippen MR) is 116 cm³/mol. The lowest BCUT2D eigenvalue weighted by atomic mass is 10.2. The molecule has 0 aliphatic rings. The second kappa shape index (κ2) is 10.2. The molecule has 12 heteroatoms. The molecule has 2 aromatic carbocycles. The summed E-state index contributed by atoms with van der Waals surface area (Å²) in [5, 5.41) is 9.54. The highest BCUT2D eigenvalue weighted by Crippen LogP contribution is 2.31. The summed E-state index contributed by atoms with van der Waals surface area (Å²) >= 11 is 0. The maximum absolute atomic E-state index is 12.9. The van der Waals surface area contributed by atoms with Crippen LogP contribution in [0.5, 0.6) is 17.6 Å². The van der Waals surface area contributed by atoms with Crippen LogP contribution in [0.2, 0.25) is 0 Å². The Kier molecular flexibility index (Phi) is 6.87. The van der Waals surface area contributed by atoms with Crippen molar-refractivity contribution < 1.29 is 27.4 Å². The quantitative estimate of drug-likeness (QED) is 0.333. The summed E-state index contributed by atoms with van der Waals surface area (Å²) in [6.45, 7) is 0.704. The molecule has 0 radical (unpaired) electrons. The second-order valence-corrected chi connectivity index (χ2v) is 6.86. The van der Waals surface area contributed by atoms with Crippen molar-refractivity contribution in [3.63, 3.8) is 0 Å². The molecule has 2 aromatic heterocycles. The molecule has 176 valence electrons. The largest absolute Gasteiger partial charge is 0.461 e. The monoisotopic (exact) mass is 472 g/mol. The van der Waals surface area contributed by atoms with Crippen molar-refractivity contribution in [2.24, 2.45) is 0 Å². The number of aromatic nitrogens is 5. The zero-order valence-electron chi connectivity index (χ0n) is 17.8. The molecule has 0 atom stereocenters. The number of alkyl halides is 3. The van der Waals surface area contributed by atoms with Gasteiger partial charge in [-0.15, -0.1) is 5.10 Å². The van der Waals surface area contributed by atoms with Gasteiger partial charge < -0.3 is 19.5 Å². The molecule has 0 aliphatic heterocycles. The number of halogens is 3. The topological polar surface area (TPSA) is 107 Å². The summed E-state index contributed by atoms with van der Waals surface area (Å²) in [6.07, 6.45) is -2.93. The van der Waals surface area contributed by atoms with Gasteiger partial charge in [0.25, 0.3) is 0 Å². The van der Waals surface area contributed by atoms with Gasteiger partial charge in [-0.1, -0.05) is 18.2 Å². The van der Waals surface area contributed by atoms with Crippen molar-refractivity contribution >= 4 is 11.6 Å². The van der Waals surface area contributed by atoms with E-state index in [4.69, 9.17) is 14.2 Å². The number of hydrogen-bond donors (Lipinski definition) is 2. The average molecular weight is 472 g/mol. The van der Waals surface area contributed by atoms with Crippen LogP contribution in [0.3, 0.4) is 0 Å². The van der Waals surface area contributed by atoms with E-state index >= 15 is 0 Å². The van der Waals surface area contributed by atoms with E-state index in [2.05, 4.69) is 30.5 Å². The molecule has 0 saturated carbocycles. The number of hydrogen-bond acceptors (Lipinski definition) is 8. The first-order valence-electron chi connectivity index (χ1n) is 10.0. The number of ether oxygens (including phenoxy) is 3. The molecule has 34 heavy (non-hydrogen) atoms. The van der Waals surface area contributed by atoms with Crippen LogP contribution in [0, 0.1) is 0 Å². The highest BCUT2D eigenvalue weighted by atomic mass is 19.4. The zero-order chi connectivity index (χ0) is 24.0. The normalized spacial score (nSPS) is 11.3. The van der Waals surface area contributed by atoms with Gasteiger partial charge in [-0.05, 0) is 30.3 Å². The number of nitrogens with one attached hydrogen (secondary N) is 2. The van der Waals surface area contributed by atoms with Gasteiger partial charge in [-0.2, -0.15) is 23.1 Å². The third-order valence-corrected chi connectivity index (χ3v) is 4.39. The van der Waals surface area contributed by atoms with Crippen molar-refractivity contribution in [3.8, 4) is 29.0 Å². The van der Waals surface area contributed by atoms with Crippen LogP contribution < -0.4 is 14.8 Å². The van der Waals surface area contributed by atoms with Crippen LogP contribution in [0.25, 0.3) is 11.4 Å². The number of benzene rings is 2.